The molecular formula is C40H65NO4. The Morgan fingerprint density at radius 3 is 2.13 bits per heavy atom. The number of nitrogens with zero attached hydrogens (tertiary/aromatic N) is 1. The minimum Gasteiger partial charge on any atom is -0.466 e. The predicted molar refractivity (Wildman–Crippen MR) is 180 cm³/mol. The Bertz CT molecular complexity index is 1200. The molecular weight excluding hydrogens is 558 g/mol. The summed E-state index contributed by atoms with van der Waals surface area (Å²) in [5, 5.41) is 11.1. The molecule has 6 fully saturated rings. The molecule has 0 aromatic heterocycles. The summed E-state index contributed by atoms with van der Waals surface area (Å²) in [7, 11) is 0. The number of carbonyl (C=O) groups excluding carboxylic acids is 2. The number of hydrogen-bond donors (Lipinski definition) is 1. The third-order valence-corrected chi connectivity index (χ3v) is 16.9. The molecule has 5 heteroatoms. The summed E-state index contributed by atoms with van der Waals surface area (Å²) in [5.41, 5.74) is 1.18. The molecule has 5 saturated carbocycles. The second-order valence-electron chi connectivity index (χ2n) is 18.4. The van der Waals surface area contributed by atoms with Crippen LogP contribution in [0.25, 0.3) is 0 Å². The summed E-state index contributed by atoms with van der Waals surface area (Å²) >= 11 is 0. The van der Waals surface area contributed by atoms with Crippen molar-refractivity contribution in [1.29, 1.82) is 0 Å². The van der Waals surface area contributed by atoms with Crippen molar-refractivity contribution in [2.45, 2.75) is 145 Å². The summed E-state index contributed by atoms with van der Waals surface area (Å²) in [6, 6.07) is 0. The van der Waals surface area contributed by atoms with Gasteiger partial charge in [0.1, 0.15) is 0 Å². The van der Waals surface area contributed by atoms with Crippen molar-refractivity contribution in [2.75, 3.05) is 19.7 Å². The van der Waals surface area contributed by atoms with Crippen molar-refractivity contribution >= 4 is 11.9 Å². The van der Waals surface area contributed by atoms with Gasteiger partial charge in [-0.15, -0.1) is 0 Å². The zero-order valence-corrected chi connectivity index (χ0v) is 30.1. The predicted octanol–water partition coefficient (Wildman–Crippen LogP) is 8.59. The van der Waals surface area contributed by atoms with Crippen molar-refractivity contribution in [2.24, 2.45) is 62.1 Å². The second-order valence-corrected chi connectivity index (χ2v) is 18.4. The van der Waals surface area contributed by atoms with E-state index in [0.29, 0.717) is 68.0 Å². The van der Waals surface area contributed by atoms with Gasteiger partial charge in [-0.05, 0) is 149 Å². The van der Waals surface area contributed by atoms with Gasteiger partial charge in [-0.25, -0.2) is 0 Å². The van der Waals surface area contributed by atoms with Crippen LogP contribution in [-0.2, 0) is 14.3 Å². The van der Waals surface area contributed by atoms with Crippen molar-refractivity contribution in [1.82, 2.24) is 4.90 Å². The number of rotatable bonds is 5. The Labute approximate surface area is 274 Å². The highest BCUT2D eigenvalue weighted by Crippen LogP contribution is 2.77. The lowest BCUT2D eigenvalue weighted by Crippen LogP contribution is -2.67. The second kappa shape index (κ2) is 11.1. The molecule has 1 heterocycles. The van der Waals surface area contributed by atoms with E-state index in [1.165, 1.54) is 31.3 Å². The van der Waals surface area contributed by atoms with Crippen molar-refractivity contribution in [3.8, 4) is 0 Å². The highest BCUT2D eigenvalue weighted by atomic mass is 16.5. The molecule has 45 heavy (non-hydrogen) atoms. The fourth-order valence-electron chi connectivity index (χ4n) is 13.9. The van der Waals surface area contributed by atoms with Crippen molar-refractivity contribution in [3.63, 3.8) is 0 Å². The van der Waals surface area contributed by atoms with Gasteiger partial charge in [-0.2, -0.15) is 0 Å². The van der Waals surface area contributed by atoms with Crippen LogP contribution in [0.15, 0.2) is 12.2 Å². The number of hydrogen-bond acceptors (Lipinski definition) is 4. The Kier molecular flexibility index (Phi) is 8.27. The average Bonchev–Trinajstić information content (AvgIpc) is 3.41. The molecule has 0 aromatic rings. The van der Waals surface area contributed by atoms with Crippen LogP contribution in [0.3, 0.4) is 0 Å². The third-order valence-electron chi connectivity index (χ3n) is 16.9. The summed E-state index contributed by atoms with van der Waals surface area (Å²) in [6.45, 7) is 25.1. The normalized spacial score (nSPS) is 46.6. The Morgan fingerprint density at radius 1 is 0.822 bits per heavy atom. The van der Waals surface area contributed by atoms with E-state index < -0.39 is 5.41 Å². The molecule has 6 rings (SSSR count). The van der Waals surface area contributed by atoms with Crippen LogP contribution in [0.2, 0.25) is 0 Å². The van der Waals surface area contributed by atoms with Crippen molar-refractivity contribution in [3.05, 3.63) is 12.2 Å². The zero-order chi connectivity index (χ0) is 32.8. The summed E-state index contributed by atoms with van der Waals surface area (Å²) < 4.78 is 5.51. The van der Waals surface area contributed by atoms with E-state index in [4.69, 9.17) is 4.74 Å². The zero-order valence-electron chi connectivity index (χ0n) is 30.1. The first-order valence-corrected chi connectivity index (χ1v) is 18.9. The Morgan fingerprint density at radius 2 is 1.51 bits per heavy atom. The van der Waals surface area contributed by atoms with Gasteiger partial charge < -0.3 is 14.7 Å². The molecule has 1 unspecified atom stereocenters. The van der Waals surface area contributed by atoms with Crippen LogP contribution < -0.4 is 0 Å². The highest BCUT2D eigenvalue weighted by Gasteiger charge is 2.72. The van der Waals surface area contributed by atoms with Gasteiger partial charge in [0.2, 0.25) is 5.91 Å². The highest BCUT2D eigenvalue weighted by molar-refractivity contribution is 5.85. The molecule has 6 aliphatic rings. The largest absolute Gasteiger partial charge is 0.466 e. The minimum atomic E-state index is -0.448. The first-order valence-electron chi connectivity index (χ1n) is 18.9. The summed E-state index contributed by atoms with van der Waals surface area (Å²) in [6.07, 6.45) is 13.2. The van der Waals surface area contributed by atoms with E-state index in [1.807, 2.05) is 6.92 Å². The quantitative estimate of drug-likeness (QED) is 0.246. The van der Waals surface area contributed by atoms with Gasteiger partial charge in [-0.3, -0.25) is 9.59 Å². The van der Waals surface area contributed by atoms with E-state index in [1.54, 1.807) is 0 Å². The molecule has 10 atom stereocenters. The number of amides is 1. The Balaban J connectivity index is 1.31. The molecule has 1 saturated heterocycles. The van der Waals surface area contributed by atoms with Crippen LogP contribution in [0.4, 0.5) is 0 Å². The lowest BCUT2D eigenvalue weighted by molar-refractivity contribution is -0.247. The van der Waals surface area contributed by atoms with Gasteiger partial charge >= 0.3 is 5.97 Å². The summed E-state index contributed by atoms with van der Waals surface area (Å²) in [5.74, 6) is 2.84. The molecule has 5 aliphatic carbocycles. The number of ether oxygens (including phenoxy) is 1. The van der Waals surface area contributed by atoms with Crippen LogP contribution in [-0.4, -0.2) is 47.7 Å². The van der Waals surface area contributed by atoms with E-state index in [0.717, 1.165) is 44.9 Å². The van der Waals surface area contributed by atoms with Crippen molar-refractivity contribution < 1.29 is 19.4 Å². The van der Waals surface area contributed by atoms with Crippen LogP contribution >= 0.6 is 0 Å². The van der Waals surface area contributed by atoms with E-state index in [9.17, 15) is 14.7 Å². The third kappa shape index (κ3) is 4.46. The topological polar surface area (TPSA) is 66.8 Å². The van der Waals surface area contributed by atoms with Crippen LogP contribution in [0.5, 0.6) is 0 Å². The number of fused-ring (bicyclic) bond motifs is 7. The SMILES string of the molecule is C=C(C)C1CC[C@]2(C(=O)N3CCC(CC)(C(=O)OCC)CC3)CC[C@]3(C)[C@H](CC[C@@H]4[C@@]5(C)CC[C@H](O)C(C)(C)[C@@H]5CC[C@]43C)[C@@H]12. The molecule has 1 aliphatic heterocycles. The summed E-state index contributed by atoms with van der Waals surface area (Å²) in [4.78, 5) is 30.1. The molecule has 5 nitrogen and oxygen atoms in total. The maximum atomic E-state index is 15.0. The van der Waals surface area contributed by atoms with Crippen LogP contribution in [0.1, 0.15) is 139 Å². The van der Waals surface area contributed by atoms with Gasteiger partial charge in [0, 0.05) is 13.1 Å². The molecule has 1 amide bonds. The number of esters is 1. The van der Waals surface area contributed by atoms with Gasteiger partial charge in [0.25, 0.3) is 0 Å². The molecule has 0 bridgehead atoms. The maximum Gasteiger partial charge on any atom is 0.312 e. The lowest BCUT2D eigenvalue weighted by Gasteiger charge is -2.73. The van der Waals surface area contributed by atoms with E-state index in [-0.39, 0.29) is 39.1 Å². The average molecular weight is 624 g/mol. The number of likely N-dealkylation sites (tertiary alicyclic amines) is 1. The fourth-order valence-corrected chi connectivity index (χ4v) is 13.9. The van der Waals surface area contributed by atoms with Crippen LogP contribution in [0, 0.1) is 62.1 Å². The first kappa shape index (κ1) is 33.5. The van der Waals surface area contributed by atoms with Gasteiger partial charge in [-0.1, -0.05) is 53.7 Å². The smallest absolute Gasteiger partial charge is 0.312 e. The number of aliphatic hydroxyl groups is 1. The van der Waals surface area contributed by atoms with E-state index in [2.05, 4.69) is 59.9 Å². The number of carbonyl (C=O) groups is 2. The maximum absolute atomic E-state index is 15.0. The lowest BCUT2D eigenvalue weighted by atomic mass is 9.32. The number of piperidine rings is 1. The molecule has 0 spiro atoms. The molecule has 254 valence electrons. The number of allylic oxidation sites excluding steroid dienone is 1. The Hall–Kier alpha value is -1.36. The van der Waals surface area contributed by atoms with Gasteiger partial charge in [0.05, 0.1) is 23.5 Å². The molecule has 0 radical (unpaired) electrons. The van der Waals surface area contributed by atoms with E-state index >= 15 is 0 Å². The standard InChI is InChI=1S/C40H65NO4/c1-10-39(34(44)45-11-2)22-24-41(25-23-39)33(43)40-19-14-27(26(3)4)32(40)28-12-13-30-36(7)17-16-31(42)35(5,6)29(36)15-18-38(30,9)37(28,8)20-21-40/h27-32,42H,3,10-25H2,1-2,4-9H3/t27?,28-,29+,30-,31+,32-,36+,37-,38-,40+/m1/s1. The first-order chi connectivity index (χ1) is 21.1. The number of aliphatic hydroxyl groups excluding tert-OH is 1. The van der Waals surface area contributed by atoms with Gasteiger partial charge in [0.15, 0.2) is 0 Å². The fraction of sp³-hybridized carbons (Fsp3) is 0.900. The monoisotopic (exact) mass is 623 g/mol. The minimum absolute atomic E-state index is 0.0339. The molecule has 0 aromatic carbocycles. The molecule has 1 N–H and O–H groups in total.